The lowest BCUT2D eigenvalue weighted by atomic mass is 9.65. The first-order valence-corrected chi connectivity index (χ1v) is 20.0. The van der Waals surface area contributed by atoms with E-state index in [9.17, 15) is 0 Å². The monoisotopic (exact) mass is 731 g/mol. The van der Waals surface area contributed by atoms with E-state index in [1.807, 2.05) is 11.3 Å². The number of benzene rings is 9. The van der Waals surface area contributed by atoms with Gasteiger partial charge >= 0.3 is 0 Å². The molecule has 0 saturated carbocycles. The van der Waals surface area contributed by atoms with Crippen LogP contribution in [0, 0.1) is 0 Å². The van der Waals surface area contributed by atoms with Crippen molar-refractivity contribution in [1.82, 2.24) is 0 Å². The van der Waals surface area contributed by atoms with Gasteiger partial charge in [-0.3, -0.25) is 0 Å². The molecular formula is C53H33NOS. The molecule has 12 rings (SSSR count). The van der Waals surface area contributed by atoms with Crippen LogP contribution in [0.25, 0.3) is 53.2 Å². The van der Waals surface area contributed by atoms with Crippen molar-refractivity contribution >= 4 is 59.3 Å². The maximum absolute atomic E-state index is 6.94. The Hall–Kier alpha value is -6.94. The van der Waals surface area contributed by atoms with E-state index in [0.717, 1.165) is 39.5 Å². The van der Waals surface area contributed by atoms with Crippen molar-refractivity contribution in [3.63, 3.8) is 0 Å². The Bertz CT molecular complexity index is 3180. The zero-order chi connectivity index (χ0) is 36.8. The van der Waals surface area contributed by atoms with E-state index in [1.54, 1.807) is 0 Å². The molecule has 0 bridgehead atoms. The molecule has 0 fully saturated rings. The summed E-state index contributed by atoms with van der Waals surface area (Å²) < 4.78 is 9.51. The number of anilines is 3. The maximum Gasteiger partial charge on any atom is 0.140 e. The third-order valence-corrected chi connectivity index (χ3v) is 13.1. The van der Waals surface area contributed by atoms with Crippen LogP contribution in [0.2, 0.25) is 0 Å². The van der Waals surface area contributed by atoms with Crippen LogP contribution >= 0.6 is 11.3 Å². The molecule has 1 unspecified atom stereocenters. The summed E-state index contributed by atoms with van der Waals surface area (Å²) in [6.07, 6.45) is 0. The zero-order valence-electron chi connectivity index (χ0n) is 30.3. The van der Waals surface area contributed by atoms with Gasteiger partial charge in [0, 0.05) is 48.1 Å². The lowest BCUT2D eigenvalue weighted by molar-refractivity contribution is 0.441. The molecule has 2 aliphatic rings. The summed E-state index contributed by atoms with van der Waals surface area (Å²) in [6.45, 7) is 0. The third kappa shape index (κ3) is 4.38. The van der Waals surface area contributed by atoms with Crippen LogP contribution in [-0.4, -0.2) is 0 Å². The number of ether oxygens (including phenoxy) is 1. The van der Waals surface area contributed by atoms with E-state index in [0.29, 0.717) is 0 Å². The average molecular weight is 732 g/mol. The minimum Gasteiger partial charge on any atom is -0.456 e. The maximum atomic E-state index is 6.94. The minimum atomic E-state index is -0.597. The summed E-state index contributed by atoms with van der Waals surface area (Å²) in [7, 11) is 0. The summed E-state index contributed by atoms with van der Waals surface area (Å²) in [4.78, 5) is 2.47. The Morgan fingerprint density at radius 2 is 1.11 bits per heavy atom. The van der Waals surface area contributed by atoms with Crippen molar-refractivity contribution in [3.8, 4) is 33.8 Å². The Balaban J connectivity index is 1.16. The van der Waals surface area contributed by atoms with Crippen LogP contribution in [0.15, 0.2) is 200 Å². The van der Waals surface area contributed by atoms with Gasteiger partial charge < -0.3 is 9.64 Å². The van der Waals surface area contributed by atoms with Crippen molar-refractivity contribution in [2.45, 2.75) is 5.41 Å². The van der Waals surface area contributed by atoms with E-state index in [-0.39, 0.29) is 0 Å². The molecule has 1 aliphatic heterocycles. The van der Waals surface area contributed by atoms with Crippen LogP contribution in [0.1, 0.15) is 22.3 Å². The van der Waals surface area contributed by atoms with Crippen molar-refractivity contribution in [2.24, 2.45) is 0 Å². The van der Waals surface area contributed by atoms with Gasteiger partial charge in [0.05, 0.1) is 11.1 Å². The topological polar surface area (TPSA) is 12.5 Å². The number of rotatable bonds is 4. The van der Waals surface area contributed by atoms with Gasteiger partial charge in [-0.2, -0.15) is 0 Å². The van der Waals surface area contributed by atoms with Crippen LogP contribution in [0.4, 0.5) is 17.1 Å². The molecule has 2 nitrogen and oxygen atoms in total. The molecule has 0 amide bonds. The van der Waals surface area contributed by atoms with Gasteiger partial charge in [-0.25, -0.2) is 0 Å². The first-order chi connectivity index (χ1) is 27.8. The SMILES string of the molecule is c1ccc(-c2ccc(N(c3ccc4c(c3)C3(c5ccccc5Oc5c3ccc3ccccc53)c3ccccc3-4)c3cccc4sc5ccccc5c34)cc2)cc1. The molecule has 3 heteroatoms. The lowest BCUT2D eigenvalue weighted by Gasteiger charge is -2.40. The van der Waals surface area contributed by atoms with Crippen LogP contribution in [0.5, 0.6) is 11.5 Å². The second-order valence-electron chi connectivity index (χ2n) is 14.8. The molecule has 262 valence electrons. The van der Waals surface area contributed by atoms with Crippen molar-refractivity contribution in [1.29, 1.82) is 0 Å². The van der Waals surface area contributed by atoms with Gasteiger partial charge in [0.1, 0.15) is 11.5 Å². The van der Waals surface area contributed by atoms with Crippen LogP contribution in [-0.2, 0) is 5.41 Å². The van der Waals surface area contributed by atoms with E-state index >= 15 is 0 Å². The van der Waals surface area contributed by atoms with Gasteiger partial charge in [0.2, 0.25) is 0 Å². The fraction of sp³-hybridized carbons (Fsp3) is 0.0189. The zero-order valence-corrected chi connectivity index (χ0v) is 31.1. The quantitative estimate of drug-likeness (QED) is 0.179. The Morgan fingerprint density at radius 3 is 2.00 bits per heavy atom. The fourth-order valence-electron chi connectivity index (χ4n) is 9.56. The second kappa shape index (κ2) is 12.0. The second-order valence-corrected chi connectivity index (χ2v) is 15.9. The molecule has 0 saturated heterocycles. The van der Waals surface area contributed by atoms with Gasteiger partial charge in [-0.1, -0.05) is 152 Å². The normalized spacial score (nSPS) is 15.0. The average Bonchev–Trinajstić information content (AvgIpc) is 3.79. The highest BCUT2D eigenvalue weighted by atomic mass is 32.1. The van der Waals surface area contributed by atoms with E-state index in [4.69, 9.17) is 4.74 Å². The highest BCUT2D eigenvalue weighted by molar-refractivity contribution is 7.26. The molecule has 1 aliphatic carbocycles. The summed E-state index contributed by atoms with van der Waals surface area (Å²) in [5, 5.41) is 4.84. The highest BCUT2D eigenvalue weighted by Crippen LogP contribution is 2.63. The van der Waals surface area contributed by atoms with Gasteiger partial charge in [0.25, 0.3) is 0 Å². The van der Waals surface area contributed by atoms with Crippen LogP contribution in [0.3, 0.4) is 0 Å². The van der Waals surface area contributed by atoms with Crippen molar-refractivity contribution in [2.75, 3.05) is 4.90 Å². The molecule has 1 aromatic heterocycles. The van der Waals surface area contributed by atoms with Gasteiger partial charge in [-0.05, 0) is 87.3 Å². The Labute approximate surface area is 329 Å². The number of hydrogen-bond donors (Lipinski definition) is 0. The Morgan fingerprint density at radius 1 is 0.429 bits per heavy atom. The molecule has 9 aromatic carbocycles. The first kappa shape index (κ1) is 31.4. The highest BCUT2D eigenvalue weighted by Gasteiger charge is 2.51. The Kier molecular flexibility index (Phi) is 6.75. The molecule has 2 heterocycles. The molecule has 56 heavy (non-hydrogen) atoms. The number of para-hydroxylation sites is 1. The van der Waals surface area contributed by atoms with E-state index in [2.05, 4.69) is 205 Å². The summed E-state index contributed by atoms with van der Waals surface area (Å²) >= 11 is 1.86. The largest absolute Gasteiger partial charge is 0.456 e. The number of hydrogen-bond acceptors (Lipinski definition) is 3. The van der Waals surface area contributed by atoms with E-state index in [1.165, 1.54) is 64.5 Å². The first-order valence-electron chi connectivity index (χ1n) is 19.2. The fourth-order valence-corrected chi connectivity index (χ4v) is 10.7. The standard InChI is InChI=1S/C53H33NOS/c1-2-13-34(14-3-1)35-25-28-37(29-26-35)54(47-21-12-24-50-51(47)42-18-7-11-23-49(42)56-50)38-30-31-41-40-17-6-8-19-43(40)53(46(41)33-38)44-20-9-10-22-48(44)55-52-39-16-5-4-15-36(39)27-32-45(52)53/h1-33H. The van der Waals surface area contributed by atoms with Crippen LogP contribution < -0.4 is 9.64 Å². The van der Waals surface area contributed by atoms with Gasteiger partial charge in [-0.15, -0.1) is 11.3 Å². The van der Waals surface area contributed by atoms with Gasteiger partial charge in [0.15, 0.2) is 0 Å². The summed E-state index contributed by atoms with van der Waals surface area (Å²) in [5.74, 6) is 1.82. The smallest absolute Gasteiger partial charge is 0.140 e. The van der Waals surface area contributed by atoms with Crippen molar-refractivity contribution < 1.29 is 4.74 Å². The predicted molar refractivity (Wildman–Crippen MR) is 234 cm³/mol. The molecule has 0 N–H and O–H groups in total. The number of thiophene rings is 1. The number of fused-ring (bicyclic) bond motifs is 14. The molecule has 1 spiro atoms. The minimum absolute atomic E-state index is 0.597. The molecule has 0 radical (unpaired) electrons. The third-order valence-electron chi connectivity index (χ3n) is 11.9. The predicted octanol–water partition coefficient (Wildman–Crippen LogP) is 14.8. The summed E-state index contributed by atoms with van der Waals surface area (Å²) in [6, 6.07) is 73.2. The van der Waals surface area contributed by atoms with Crippen molar-refractivity contribution in [3.05, 3.63) is 222 Å². The molecule has 10 aromatic rings. The summed E-state index contributed by atoms with van der Waals surface area (Å²) in [5.41, 5.74) is 12.6. The molecular weight excluding hydrogens is 699 g/mol. The number of nitrogens with zero attached hydrogens (tertiary/aromatic N) is 1. The van der Waals surface area contributed by atoms with E-state index < -0.39 is 5.41 Å². The molecule has 1 atom stereocenters. The lowest BCUT2D eigenvalue weighted by Crippen LogP contribution is -2.32.